The highest BCUT2D eigenvalue weighted by molar-refractivity contribution is 5.79. The van der Waals surface area contributed by atoms with Crippen LogP contribution in [0.4, 0.5) is 0 Å². The first-order chi connectivity index (χ1) is 15.2. The van der Waals surface area contributed by atoms with Crippen LogP contribution in [0.1, 0.15) is 23.4 Å². The van der Waals surface area contributed by atoms with E-state index in [1.54, 1.807) is 7.05 Å². The van der Waals surface area contributed by atoms with Gasteiger partial charge in [-0.1, -0.05) is 24.3 Å². The van der Waals surface area contributed by atoms with Crippen LogP contribution >= 0.6 is 0 Å². The van der Waals surface area contributed by atoms with E-state index in [0.717, 1.165) is 66.7 Å². The van der Waals surface area contributed by atoms with Crippen molar-refractivity contribution in [1.82, 2.24) is 20.6 Å². The molecule has 31 heavy (non-hydrogen) atoms. The second-order valence-electron chi connectivity index (χ2n) is 7.95. The van der Waals surface area contributed by atoms with Gasteiger partial charge >= 0.3 is 0 Å². The number of aromatic nitrogens is 2. The molecule has 0 radical (unpaired) electrons. The summed E-state index contributed by atoms with van der Waals surface area (Å²) < 4.78 is 11.6. The van der Waals surface area contributed by atoms with Gasteiger partial charge in [0.2, 0.25) is 0 Å². The van der Waals surface area contributed by atoms with E-state index < -0.39 is 0 Å². The summed E-state index contributed by atoms with van der Waals surface area (Å²) in [5.41, 5.74) is 4.37. The normalized spacial score (nSPS) is 16.6. The molecule has 1 aliphatic rings. The van der Waals surface area contributed by atoms with E-state index in [-0.39, 0.29) is 0 Å². The number of nitrogens with one attached hydrogen (secondary N) is 3. The third-order valence-corrected chi connectivity index (χ3v) is 5.48. The van der Waals surface area contributed by atoms with Crippen molar-refractivity contribution in [2.24, 2.45) is 10.9 Å². The molecule has 1 atom stereocenters. The predicted molar refractivity (Wildman–Crippen MR) is 124 cm³/mol. The van der Waals surface area contributed by atoms with Gasteiger partial charge in [-0.3, -0.25) is 4.99 Å². The summed E-state index contributed by atoms with van der Waals surface area (Å²) in [5.74, 6) is 3.13. The zero-order chi connectivity index (χ0) is 21.5. The Morgan fingerprint density at radius 2 is 2.16 bits per heavy atom. The Morgan fingerprint density at radius 1 is 1.26 bits per heavy atom. The van der Waals surface area contributed by atoms with Gasteiger partial charge in [0, 0.05) is 44.6 Å². The van der Waals surface area contributed by atoms with Gasteiger partial charge in [-0.05, 0) is 37.1 Å². The Morgan fingerprint density at radius 3 is 2.97 bits per heavy atom. The molecule has 0 amide bonds. The number of aromatic amines is 1. The molecule has 2 heterocycles. The number of imidazole rings is 1. The second-order valence-corrected chi connectivity index (χ2v) is 7.95. The lowest BCUT2D eigenvalue weighted by Gasteiger charge is -2.17. The molecule has 4 rings (SSSR count). The van der Waals surface area contributed by atoms with E-state index in [9.17, 15) is 0 Å². The maximum absolute atomic E-state index is 6.14. The van der Waals surface area contributed by atoms with E-state index >= 15 is 0 Å². The van der Waals surface area contributed by atoms with Crippen molar-refractivity contribution in [2.75, 3.05) is 33.4 Å². The Balaban J connectivity index is 1.28. The van der Waals surface area contributed by atoms with Crippen LogP contribution in [-0.2, 0) is 17.7 Å². The summed E-state index contributed by atoms with van der Waals surface area (Å²) in [5, 5.41) is 6.75. The lowest BCUT2D eigenvalue weighted by molar-refractivity contribution is 0.166. The molecule has 1 aromatic heterocycles. The van der Waals surface area contributed by atoms with Crippen molar-refractivity contribution in [3.8, 4) is 5.75 Å². The molecule has 7 nitrogen and oxygen atoms in total. The van der Waals surface area contributed by atoms with Gasteiger partial charge in [-0.2, -0.15) is 0 Å². The molecule has 1 aliphatic heterocycles. The number of fused-ring (bicyclic) bond motifs is 1. The number of rotatable bonds is 8. The van der Waals surface area contributed by atoms with E-state index in [1.165, 1.54) is 5.56 Å². The van der Waals surface area contributed by atoms with E-state index in [1.807, 2.05) is 24.3 Å². The van der Waals surface area contributed by atoms with Crippen molar-refractivity contribution in [1.29, 1.82) is 0 Å². The fourth-order valence-electron chi connectivity index (χ4n) is 3.69. The summed E-state index contributed by atoms with van der Waals surface area (Å²) in [6.45, 7) is 5.79. The molecule has 1 fully saturated rings. The van der Waals surface area contributed by atoms with Gasteiger partial charge in [0.1, 0.15) is 11.6 Å². The van der Waals surface area contributed by atoms with Crippen molar-refractivity contribution in [3.63, 3.8) is 0 Å². The molecule has 0 aliphatic carbocycles. The molecule has 3 N–H and O–H groups in total. The van der Waals surface area contributed by atoms with E-state index in [2.05, 4.69) is 50.7 Å². The number of ether oxygens (including phenoxy) is 2. The highest BCUT2D eigenvalue weighted by Crippen LogP contribution is 2.22. The summed E-state index contributed by atoms with van der Waals surface area (Å²) in [7, 11) is 1.78. The number of hydrogen-bond acceptors (Lipinski definition) is 4. The van der Waals surface area contributed by atoms with Crippen molar-refractivity contribution in [2.45, 2.75) is 26.3 Å². The lowest BCUT2D eigenvalue weighted by Crippen LogP contribution is -2.38. The Hall–Kier alpha value is -3.06. The zero-order valence-electron chi connectivity index (χ0n) is 18.3. The maximum atomic E-state index is 6.14. The van der Waals surface area contributed by atoms with Crippen LogP contribution < -0.4 is 15.4 Å². The molecule has 0 bridgehead atoms. The van der Waals surface area contributed by atoms with Crippen molar-refractivity contribution >= 4 is 17.0 Å². The third-order valence-electron chi connectivity index (χ3n) is 5.48. The van der Waals surface area contributed by atoms with Gasteiger partial charge < -0.3 is 25.1 Å². The number of benzene rings is 2. The second kappa shape index (κ2) is 10.3. The monoisotopic (exact) mass is 421 g/mol. The average Bonchev–Trinajstić information content (AvgIpc) is 3.45. The lowest BCUT2D eigenvalue weighted by atomic mass is 10.1. The molecular formula is C24H31N5O2. The molecule has 2 aromatic carbocycles. The number of aliphatic imine (C=N–C) groups is 1. The van der Waals surface area contributed by atoms with Crippen LogP contribution in [0.5, 0.6) is 5.75 Å². The number of nitrogens with zero attached hydrogens (tertiary/aromatic N) is 2. The smallest absolute Gasteiger partial charge is 0.191 e. The van der Waals surface area contributed by atoms with Crippen LogP contribution in [0, 0.1) is 12.8 Å². The minimum Gasteiger partial charge on any atom is -0.493 e. The van der Waals surface area contributed by atoms with Crippen LogP contribution in [0.25, 0.3) is 11.0 Å². The highest BCUT2D eigenvalue weighted by atomic mass is 16.5. The van der Waals surface area contributed by atoms with E-state index in [0.29, 0.717) is 19.1 Å². The highest BCUT2D eigenvalue weighted by Gasteiger charge is 2.17. The molecular weight excluding hydrogens is 390 g/mol. The first kappa shape index (κ1) is 21.2. The predicted octanol–water partition coefficient (Wildman–Crippen LogP) is 3.19. The molecule has 0 spiro atoms. The van der Waals surface area contributed by atoms with Crippen LogP contribution in [0.3, 0.4) is 0 Å². The van der Waals surface area contributed by atoms with Gasteiger partial charge in [0.25, 0.3) is 0 Å². The van der Waals surface area contributed by atoms with Gasteiger partial charge in [-0.25, -0.2) is 4.98 Å². The minimum atomic E-state index is 0.481. The first-order valence-electron chi connectivity index (χ1n) is 10.9. The summed E-state index contributed by atoms with van der Waals surface area (Å²) in [4.78, 5) is 12.3. The standard InChI is InChI=1S/C24H31N5O2/c1-17-7-8-19(22(13-17)31-16-18-10-12-30-15-18)14-27-24(25-2)26-11-9-23-28-20-5-3-4-6-21(20)29-23/h3-8,13,18H,9-12,14-16H2,1-2H3,(H,28,29)(H2,25,26,27). The summed E-state index contributed by atoms with van der Waals surface area (Å²) in [6, 6.07) is 14.4. The molecule has 1 saturated heterocycles. The number of H-pyrrole nitrogens is 1. The van der Waals surface area contributed by atoms with Crippen molar-refractivity contribution in [3.05, 3.63) is 59.4 Å². The van der Waals surface area contributed by atoms with Gasteiger partial charge in [0.05, 0.1) is 24.2 Å². The summed E-state index contributed by atoms with van der Waals surface area (Å²) in [6.07, 6.45) is 1.86. The zero-order valence-corrected chi connectivity index (χ0v) is 18.3. The Kier molecular flexibility index (Phi) is 7.04. The maximum Gasteiger partial charge on any atom is 0.191 e. The summed E-state index contributed by atoms with van der Waals surface area (Å²) >= 11 is 0. The number of hydrogen-bond donors (Lipinski definition) is 3. The minimum absolute atomic E-state index is 0.481. The number of guanidine groups is 1. The topological polar surface area (TPSA) is 83.6 Å². The van der Waals surface area contributed by atoms with Gasteiger partial charge in [0.15, 0.2) is 5.96 Å². The fourth-order valence-corrected chi connectivity index (χ4v) is 3.69. The SMILES string of the molecule is CN=C(NCCc1nc2ccccc2[nH]1)NCc1ccc(C)cc1OCC1CCOC1. The first-order valence-corrected chi connectivity index (χ1v) is 10.9. The third kappa shape index (κ3) is 5.76. The van der Waals surface area contributed by atoms with Crippen LogP contribution in [-0.4, -0.2) is 49.3 Å². The largest absolute Gasteiger partial charge is 0.493 e. The van der Waals surface area contributed by atoms with E-state index in [4.69, 9.17) is 9.47 Å². The van der Waals surface area contributed by atoms with Gasteiger partial charge in [-0.15, -0.1) is 0 Å². The number of para-hydroxylation sites is 2. The van der Waals surface area contributed by atoms with Crippen molar-refractivity contribution < 1.29 is 9.47 Å². The average molecular weight is 422 g/mol. The molecule has 3 aromatic rings. The Bertz CT molecular complexity index is 991. The molecule has 1 unspecified atom stereocenters. The Labute approximate surface area is 183 Å². The molecule has 0 saturated carbocycles. The molecule has 164 valence electrons. The number of aryl methyl sites for hydroxylation is 1. The fraction of sp³-hybridized carbons (Fsp3) is 0.417. The van der Waals surface area contributed by atoms with Crippen LogP contribution in [0.2, 0.25) is 0 Å². The molecule has 7 heteroatoms. The van der Waals surface area contributed by atoms with Crippen LogP contribution in [0.15, 0.2) is 47.5 Å². The quantitative estimate of drug-likeness (QED) is 0.384.